The molecule has 4 amide bonds. The normalized spacial score (nSPS) is 10.9. The van der Waals surface area contributed by atoms with Crippen molar-refractivity contribution in [3.05, 3.63) is 90.2 Å². The number of para-hydroxylation sites is 2. The summed E-state index contributed by atoms with van der Waals surface area (Å²) < 4.78 is 53.2. The van der Waals surface area contributed by atoms with E-state index in [4.69, 9.17) is 0 Å². The van der Waals surface area contributed by atoms with Crippen molar-refractivity contribution >= 4 is 29.1 Å². The SMILES string of the molecule is O=C(NCCCN(C(=O)Nc1ccccc1)c1cccc(C(F)(F)F)c1)Nc1ccccc1F. The van der Waals surface area contributed by atoms with Crippen molar-refractivity contribution in [2.75, 3.05) is 28.6 Å². The fourth-order valence-corrected chi connectivity index (χ4v) is 3.08. The minimum absolute atomic E-state index is 0.00725. The predicted octanol–water partition coefficient (Wildman–Crippen LogP) is 6.09. The number of nitrogens with one attached hydrogen (secondary N) is 3. The maximum Gasteiger partial charge on any atom is 0.416 e. The molecule has 0 atom stereocenters. The molecule has 3 rings (SSSR count). The van der Waals surface area contributed by atoms with Crippen LogP contribution in [0.15, 0.2) is 78.9 Å². The summed E-state index contributed by atoms with van der Waals surface area (Å²) in [7, 11) is 0. The fraction of sp³-hybridized carbons (Fsp3) is 0.167. The van der Waals surface area contributed by atoms with Crippen molar-refractivity contribution in [3.63, 3.8) is 0 Å². The number of benzene rings is 3. The lowest BCUT2D eigenvalue weighted by atomic mass is 10.1. The molecule has 34 heavy (non-hydrogen) atoms. The molecule has 0 fully saturated rings. The number of hydrogen-bond donors (Lipinski definition) is 3. The van der Waals surface area contributed by atoms with E-state index in [1.807, 2.05) is 0 Å². The number of carbonyl (C=O) groups is 2. The maximum atomic E-state index is 13.6. The minimum atomic E-state index is -4.57. The molecule has 10 heteroatoms. The number of carbonyl (C=O) groups excluding carboxylic acids is 2. The molecule has 0 heterocycles. The molecule has 0 saturated heterocycles. The zero-order chi connectivity index (χ0) is 24.6. The quantitative estimate of drug-likeness (QED) is 0.286. The highest BCUT2D eigenvalue weighted by Gasteiger charge is 2.31. The van der Waals surface area contributed by atoms with E-state index in [9.17, 15) is 27.2 Å². The fourth-order valence-electron chi connectivity index (χ4n) is 3.08. The number of halogens is 4. The van der Waals surface area contributed by atoms with E-state index in [0.29, 0.717) is 5.69 Å². The van der Waals surface area contributed by atoms with Crippen molar-refractivity contribution in [1.29, 1.82) is 0 Å². The molecule has 0 unspecified atom stereocenters. The number of alkyl halides is 3. The van der Waals surface area contributed by atoms with Gasteiger partial charge in [-0.2, -0.15) is 13.2 Å². The first-order valence-corrected chi connectivity index (χ1v) is 10.3. The molecular formula is C24H22F4N4O2. The average Bonchev–Trinajstić information content (AvgIpc) is 2.80. The van der Waals surface area contributed by atoms with E-state index in [2.05, 4.69) is 16.0 Å². The summed E-state index contributed by atoms with van der Waals surface area (Å²) in [6.45, 7) is 0.105. The number of rotatable bonds is 7. The van der Waals surface area contributed by atoms with Gasteiger partial charge in [0.1, 0.15) is 5.82 Å². The van der Waals surface area contributed by atoms with Gasteiger partial charge in [-0.3, -0.25) is 4.90 Å². The highest BCUT2D eigenvalue weighted by molar-refractivity contribution is 6.01. The van der Waals surface area contributed by atoms with Crippen molar-refractivity contribution in [2.45, 2.75) is 12.6 Å². The van der Waals surface area contributed by atoms with Crippen LogP contribution in [-0.2, 0) is 6.18 Å². The zero-order valence-electron chi connectivity index (χ0n) is 17.9. The Balaban J connectivity index is 1.66. The second-order valence-corrected chi connectivity index (χ2v) is 7.21. The summed E-state index contributed by atoms with van der Waals surface area (Å²) in [5, 5.41) is 7.55. The molecule has 3 aromatic rings. The molecule has 0 aliphatic carbocycles. The summed E-state index contributed by atoms with van der Waals surface area (Å²) in [6, 6.07) is 17.3. The monoisotopic (exact) mass is 474 g/mol. The van der Waals surface area contributed by atoms with Gasteiger partial charge in [0, 0.05) is 24.5 Å². The topological polar surface area (TPSA) is 73.5 Å². The summed E-state index contributed by atoms with van der Waals surface area (Å²) in [4.78, 5) is 26.0. The predicted molar refractivity (Wildman–Crippen MR) is 122 cm³/mol. The molecule has 0 spiro atoms. The second-order valence-electron chi connectivity index (χ2n) is 7.21. The number of amides is 4. The number of hydrogen-bond acceptors (Lipinski definition) is 2. The third-order valence-corrected chi connectivity index (χ3v) is 4.72. The van der Waals surface area contributed by atoms with E-state index in [-0.39, 0.29) is 30.9 Å². The van der Waals surface area contributed by atoms with Crippen LogP contribution in [-0.4, -0.2) is 25.2 Å². The standard InChI is InChI=1S/C24H22F4N4O2/c25-20-12-4-5-13-21(20)31-22(33)29-14-7-15-32(23(34)30-18-9-2-1-3-10-18)19-11-6-8-17(16-19)24(26,27)28/h1-6,8-13,16H,7,14-15H2,(H,30,34)(H2,29,31,33). The summed E-state index contributed by atoms with van der Waals surface area (Å²) in [5.74, 6) is -0.592. The van der Waals surface area contributed by atoms with Gasteiger partial charge < -0.3 is 16.0 Å². The second kappa shape index (κ2) is 11.2. The third-order valence-electron chi connectivity index (χ3n) is 4.72. The highest BCUT2D eigenvalue weighted by Crippen LogP contribution is 2.32. The van der Waals surface area contributed by atoms with Gasteiger partial charge in [-0.1, -0.05) is 36.4 Å². The van der Waals surface area contributed by atoms with Crippen molar-refractivity contribution in [3.8, 4) is 0 Å². The molecule has 3 aromatic carbocycles. The Morgan fingerprint density at radius 2 is 1.56 bits per heavy atom. The summed E-state index contributed by atoms with van der Waals surface area (Å²) in [6.07, 6.45) is -4.34. The molecule has 0 aliphatic rings. The van der Waals surface area contributed by atoms with Crippen LogP contribution in [0.2, 0.25) is 0 Å². The molecule has 0 radical (unpaired) electrons. The number of urea groups is 2. The van der Waals surface area contributed by atoms with Crippen LogP contribution in [0.5, 0.6) is 0 Å². The van der Waals surface area contributed by atoms with Gasteiger partial charge >= 0.3 is 18.2 Å². The average molecular weight is 474 g/mol. The molecule has 0 bridgehead atoms. The zero-order valence-corrected chi connectivity index (χ0v) is 17.9. The Labute approximate surface area is 193 Å². The molecule has 3 N–H and O–H groups in total. The van der Waals surface area contributed by atoms with E-state index < -0.39 is 29.6 Å². The van der Waals surface area contributed by atoms with Gasteiger partial charge in [-0.25, -0.2) is 14.0 Å². The van der Waals surface area contributed by atoms with Crippen LogP contribution < -0.4 is 20.9 Å². The first-order valence-electron chi connectivity index (χ1n) is 10.3. The molecular weight excluding hydrogens is 452 g/mol. The van der Waals surface area contributed by atoms with Gasteiger partial charge in [0.25, 0.3) is 0 Å². The van der Waals surface area contributed by atoms with E-state index >= 15 is 0 Å². The lowest BCUT2D eigenvalue weighted by molar-refractivity contribution is -0.137. The Morgan fingerprint density at radius 3 is 2.26 bits per heavy atom. The van der Waals surface area contributed by atoms with Crippen LogP contribution in [0.4, 0.5) is 44.2 Å². The van der Waals surface area contributed by atoms with Crippen LogP contribution in [0.1, 0.15) is 12.0 Å². The molecule has 6 nitrogen and oxygen atoms in total. The number of anilines is 3. The third kappa shape index (κ3) is 6.96. The van der Waals surface area contributed by atoms with Gasteiger partial charge in [-0.15, -0.1) is 0 Å². The van der Waals surface area contributed by atoms with Crippen LogP contribution in [0, 0.1) is 5.82 Å². The smallest absolute Gasteiger partial charge is 0.338 e. The lowest BCUT2D eigenvalue weighted by Gasteiger charge is -2.24. The minimum Gasteiger partial charge on any atom is -0.338 e. The molecule has 0 aromatic heterocycles. The van der Waals surface area contributed by atoms with E-state index in [0.717, 1.165) is 12.1 Å². The Bertz CT molecular complexity index is 1120. The van der Waals surface area contributed by atoms with E-state index in [1.54, 1.807) is 36.4 Å². The van der Waals surface area contributed by atoms with Gasteiger partial charge in [0.05, 0.1) is 11.3 Å². The van der Waals surface area contributed by atoms with Gasteiger partial charge in [0.15, 0.2) is 0 Å². The number of nitrogens with zero attached hydrogens (tertiary/aromatic N) is 1. The largest absolute Gasteiger partial charge is 0.416 e. The summed E-state index contributed by atoms with van der Waals surface area (Å²) >= 11 is 0. The highest BCUT2D eigenvalue weighted by atomic mass is 19.4. The molecule has 0 saturated carbocycles. The first-order chi connectivity index (χ1) is 16.2. The van der Waals surface area contributed by atoms with Crippen molar-refractivity contribution in [2.24, 2.45) is 0 Å². The van der Waals surface area contributed by atoms with Crippen molar-refractivity contribution in [1.82, 2.24) is 5.32 Å². The maximum absolute atomic E-state index is 13.6. The Kier molecular flexibility index (Phi) is 8.07. The van der Waals surface area contributed by atoms with Crippen LogP contribution in [0.3, 0.4) is 0 Å². The van der Waals surface area contributed by atoms with Gasteiger partial charge in [-0.05, 0) is 48.9 Å². The summed E-state index contributed by atoms with van der Waals surface area (Å²) in [5.41, 5.74) is -0.344. The molecule has 0 aliphatic heterocycles. The van der Waals surface area contributed by atoms with Crippen molar-refractivity contribution < 1.29 is 27.2 Å². The Hall–Kier alpha value is -4.08. The molecule has 178 valence electrons. The van der Waals surface area contributed by atoms with Crippen LogP contribution in [0.25, 0.3) is 0 Å². The first kappa shape index (κ1) is 24.6. The Morgan fingerprint density at radius 1 is 0.853 bits per heavy atom. The van der Waals surface area contributed by atoms with E-state index in [1.165, 1.54) is 35.2 Å². The van der Waals surface area contributed by atoms with Crippen LogP contribution >= 0.6 is 0 Å². The van der Waals surface area contributed by atoms with Gasteiger partial charge in [0.2, 0.25) is 0 Å². The lowest BCUT2D eigenvalue weighted by Crippen LogP contribution is -2.38.